The van der Waals surface area contributed by atoms with Gasteiger partial charge >= 0.3 is 0 Å². The molecule has 2 aromatic carbocycles. The van der Waals surface area contributed by atoms with Crippen molar-refractivity contribution < 1.29 is 27.5 Å². The SMILES string of the molecule is COc1ccc(N2CCCC2=O)cc1S(=O)(=O)N1CCC2(CC1)CC(=O)c1cc(C)cc(C)c1O2. The number of carbonyl (C=O) groups is 2. The van der Waals surface area contributed by atoms with E-state index >= 15 is 0 Å². The van der Waals surface area contributed by atoms with Crippen LogP contribution in [0.3, 0.4) is 0 Å². The standard InChI is InChI=1S/C26H30N2O6S/c1-17-13-18(2)25-20(14-17)21(29)16-26(34-25)8-11-27(12-9-26)35(31,32)23-15-19(6-7-22(23)33-3)28-10-4-5-24(28)30/h6-7,13-15H,4-5,8-12,16H2,1-3H3. The molecular formula is C26H30N2O6S. The van der Waals surface area contributed by atoms with E-state index in [0.717, 1.165) is 17.5 Å². The van der Waals surface area contributed by atoms with Crippen LogP contribution in [-0.4, -0.2) is 56.8 Å². The number of carbonyl (C=O) groups excluding carboxylic acids is 2. The fourth-order valence-corrected chi connectivity index (χ4v) is 7.06. The van der Waals surface area contributed by atoms with Crippen LogP contribution < -0.4 is 14.4 Å². The summed E-state index contributed by atoms with van der Waals surface area (Å²) < 4.78 is 40.6. The molecule has 0 unspecified atom stereocenters. The minimum absolute atomic E-state index is 0.0108. The number of fused-ring (bicyclic) bond motifs is 1. The van der Waals surface area contributed by atoms with Gasteiger partial charge in [0.25, 0.3) is 0 Å². The van der Waals surface area contributed by atoms with E-state index in [1.165, 1.54) is 17.5 Å². The molecule has 0 bridgehead atoms. The number of Topliss-reactive ketones (excluding diaryl/α,β-unsaturated/α-hetero) is 1. The van der Waals surface area contributed by atoms with E-state index in [0.29, 0.717) is 42.8 Å². The van der Waals surface area contributed by atoms with Gasteiger partial charge in [-0.15, -0.1) is 0 Å². The molecule has 35 heavy (non-hydrogen) atoms. The smallest absolute Gasteiger partial charge is 0.246 e. The molecule has 9 heteroatoms. The molecule has 3 aliphatic rings. The molecule has 1 spiro atoms. The van der Waals surface area contributed by atoms with Gasteiger partial charge in [0.15, 0.2) is 5.78 Å². The molecule has 0 saturated carbocycles. The van der Waals surface area contributed by atoms with E-state index in [2.05, 4.69) is 0 Å². The number of nitrogens with zero attached hydrogens (tertiary/aromatic N) is 2. The first-order valence-corrected chi connectivity index (χ1v) is 13.4. The average molecular weight is 499 g/mol. The number of benzene rings is 2. The molecule has 2 fully saturated rings. The van der Waals surface area contributed by atoms with Gasteiger partial charge in [0.1, 0.15) is 22.0 Å². The molecule has 0 radical (unpaired) electrons. The van der Waals surface area contributed by atoms with Crippen molar-refractivity contribution in [1.82, 2.24) is 4.31 Å². The lowest BCUT2D eigenvalue weighted by atomic mass is 9.82. The lowest BCUT2D eigenvalue weighted by Gasteiger charge is -2.44. The van der Waals surface area contributed by atoms with Crippen LogP contribution in [0.25, 0.3) is 0 Å². The van der Waals surface area contributed by atoms with E-state index in [9.17, 15) is 18.0 Å². The number of rotatable bonds is 4. The number of piperidine rings is 1. The third kappa shape index (κ3) is 4.10. The lowest BCUT2D eigenvalue weighted by molar-refractivity contribution is -0.117. The van der Waals surface area contributed by atoms with Gasteiger partial charge in [-0.2, -0.15) is 4.31 Å². The van der Waals surface area contributed by atoms with Crippen molar-refractivity contribution in [2.24, 2.45) is 0 Å². The first-order valence-electron chi connectivity index (χ1n) is 12.0. The molecule has 0 aliphatic carbocycles. The van der Waals surface area contributed by atoms with Crippen molar-refractivity contribution in [2.45, 2.75) is 56.4 Å². The molecule has 5 rings (SSSR count). The summed E-state index contributed by atoms with van der Waals surface area (Å²) in [4.78, 5) is 26.9. The highest BCUT2D eigenvalue weighted by molar-refractivity contribution is 7.89. The number of hydrogen-bond donors (Lipinski definition) is 0. The normalized spacial score (nSPS) is 20.1. The number of methoxy groups -OCH3 is 1. The zero-order valence-corrected chi connectivity index (χ0v) is 21.1. The zero-order valence-electron chi connectivity index (χ0n) is 20.3. The molecule has 186 valence electrons. The Balaban J connectivity index is 1.39. The second-order valence-corrected chi connectivity index (χ2v) is 11.6. The summed E-state index contributed by atoms with van der Waals surface area (Å²) in [5.74, 6) is 0.889. The quantitative estimate of drug-likeness (QED) is 0.639. The highest BCUT2D eigenvalue weighted by atomic mass is 32.2. The summed E-state index contributed by atoms with van der Waals surface area (Å²) in [6.07, 6.45) is 2.28. The predicted molar refractivity (Wildman–Crippen MR) is 131 cm³/mol. The van der Waals surface area contributed by atoms with Gasteiger partial charge in [-0.1, -0.05) is 6.07 Å². The lowest BCUT2D eigenvalue weighted by Crippen LogP contribution is -2.52. The maximum Gasteiger partial charge on any atom is 0.246 e. The van der Waals surface area contributed by atoms with E-state index in [1.807, 2.05) is 26.0 Å². The summed E-state index contributed by atoms with van der Waals surface area (Å²) in [6, 6.07) is 8.71. The Kier molecular flexibility index (Phi) is 5.88. The Morgan fingerprint density at radius 1 is 1.03 bits per heavy atom. The van der Waals surface area contributed by atoms with E-state index in [1.54, 1.807) is 17.0 Å². The second kappa shape index (κ2) is 8.64. The predicted octanol–water partition coefficient (Wildman–Crippen LogP) is 3.63. The summed E-state index contributed by atoms with van der Waals surface area (Å²) >= 11 is 0. The average Bonchev–Trinajstić information content (AvgIpc) is 3.26. The molecule has 3 heterocycles. The van der Waals surface area contributed by atoms with E-state index in [-0.39, 0.29) is 41.8 Å². The Bertz CT molecular complexity index is 1310. The Morgan fingerprint density at radius 3 is 2.43 bits per heavy atom. The highest BCUT2D eigenvalue weighted by Gasteiger charge is 2.46. The maximum atomic E-state index is 13.7. The van der Waals surface area contributed by atoms with Crippen LogP contribution in [0, 0.1) is 13.8 Å². The Labute approximate surface area is 205 Å². The minimum atomic E-state index is -3.89. The van der Waals surface area contributed by atoms with Gasteiger partial charge in [0.05, 0.1) is 19.1 Å². The van der Waals surface area contributed by atoms with Crippen molar-refractivity contribution in [2.75, 3.05) is 31.6 Å². The molecule has 2 aromatic rings. The largest absolute Gasteiger partial charge is 0.495 e. The van der Waals surface area contributed by atoms with Gasteiger partial charge < -0.3 is 14.4 Å². The number of ether oxygens (including phenoxy) is 2. The number of sulfonamides is 1. The minimum Gasteiger partial charge on any atom is -0.495 e. The van der Waals surface area contributed by atoms with Crippen LogP contribution in [0.2, 0.25) is 0 Å². The molecule has 0 N–H and O–H groups in total. The number of ketones is 1. The number of anilines is 1. The molecule has 0 aromatic heterocycles. The van der Waals surface area contributed by atoms with Crippen LogP contribution in [0.5, 0.6) is 11.5 Å². The van der Waals surface area contributed by atoms with Crippen molar-refractivity contribution >= 4 is 27.4 Å². The van der Waals surface area contributed by atoms with Gasteiger partial charge in [-0.3, -0.25) is 9.59 Å². The first-order chi connectivity index (χ1) is 16.6. The van der Waals surface area contributed by atoms with Gasteiger partial charge in [0, 0.05) is 44.6 Å². The van der Waals surface area contributed by atoms with Crippen LogP contribution in [-0.2, 0) is 14.8 Å². The number of hydrogen-bond acceptors (Lipinski definition) is 6. The Hall–Kier alpha value is -2.91. The van der Waals surface area contributed by atoms with Crippen LogP contribution in [0.15, 0.2) is 35.2 Å². The van der Waals surface area contributed by atoms with Gasteiger partial charge in [0.2, 0.25) is 15.9 Å². The third-order valence-electron chi connectivity index (χ3n) is 7.30. The van der Waals surface area contributed by atoms with Crippen LogP contribution in [0.4, 0.5) is 5.69 Å². The fraction of sp³-hybridized carbons (Fsp3) is 0.462. The monoisotopic (exact) mass is 498 g/mol. The molecule has 8 nitrogen and oxygen atoms in total. The van der Waals surface area contributed by atoms with Crippen molar-refractivity contribution in [3.63, 3.8) is 0 Å². The topological polar surface area (TPSA) is 93.2 Å². The maximum absolute atomic E-state index is 13.7. The van der Waals surface area contributed by atoms with E-state index in [4.69, 9.17) is 9.47 Å². The summed E-state index contributed by atoms with van der Waals surface area (Å²) in [7, 11) is -2.45. The van der Waals surface area contributed by atoms with Crippen molar-refractivity contribution in [1.29, 1.82) is 0 Å². The van der Waals surface area contributed by atoms with Crippen molar-refractivity contribution in [3.8, 4) is 11.5 Å². The summed E-state index contributed by atoms with van der Waals surface area (Å²) in [6.45, 7) is 4.92. The number of aryl methyl sites for hydroxylation is 2. The molecule has 2 saturated heterocycles. The van der Waals surface area contributed by atoms with Gasteiger partial charge in [-0.25, -0.2) is 8.42 Å². The fourth-order valence-electron chi connectivity index (χ4n) is 5.45. The second-order valence-electron chi connectivity index (χ2n) is 9.73. The molecule has 0 atom stereocenters. The number of amides is 1. The van der Waals surface area contributed by atoms with E-state index < -0.39 is 15.6 Å². The Morgan fingerprint density at radius 2 is 1.77 bits per heavy atom. The summed E-state index contributed by atoms with van der Waals surface area (Å²) in [5.41, 5.74) is 2.40. The first kappa shape index (κ1) is 23.8. The highest BCUT2D eigenvalue weighted by Crippen LogP contribution is 2.43. The molecule has 1 amide bonds. The molecule has 3 aliphatic heterocycles. The molecular weight excluding hydrogens is 468 g/mol. The van der Waals surface area contributed by atoms with Crippen LogP contribution >= 0.6 is 0 Å². The van der Waals surface area contributed by atoms with Crippen molar-refractivity contribution in [3.05, 3.63) is 47.0 Å². The van der Waals surface area contributed by atoms with Crippen LogP contribution in [0.1, 0.15) is 53.6 Å². The summed E-state index contributed by atoms with van der Waals surface area (Å²) in [5, 5.41) is 0. The zero-order chi connectivity index (χ0) is 25.0. The van der Waals surface area contributed by atoms with Gasteiger partial charge in [-0.05, 0) is 55.7 Å². The third-order valence-corrected chi connectivity index (χ3v) is 9.22.